The number of hydrogen-bond donors (Lipinski definition) is 0. The van der Waals surface area contributed by atoms with Crippen LogP contribution in [0.5, 0.6) is 0 Å². The molecule has 2 nitrogen and oxygen atoms in total. The molecule has 26 heavy (non-hydrogen) atoms. The van der Waals surface area contributed by atoms with Crippen LogP contribution in [0.1, 0.15) is 5.56 Å². The molecule has 0 bridgehead atoms. The van der Waals surface area contributed by atoms with Crippen LogP contribution in [-0.2, 0) is 0 Å². The lowest BCUT2D eigenvalue weighted by Gasteiger charge is -2.39. The molecule has 0 spiro atoms. The van der Waals surface area contributed by atoms with Gasteiger partial charge in [0, 0.05) is 36.9 Å². The number of para-hydroxylation sites is 1. The molecular weight excluding hydrogens is 361 g/mol. The van der Waals surface area contributed by atoms with Gasteiger partial charge in [0.2, 0.25) is 0 Å². The van der Waals surface area contributed by atoms with Gasteiger partial charge in [-0.2, -0.15) is 13.2 Å². The predicted molar refractivity (Wildman–Crippen MR) is 101 cm³/mol. The summed E-state index contributed by atoms with van der Waals surface area (Å²) in [4.78, 5) is 3.61. The predicted octanol–water partition coefficient (Wildman–Crippen LogP) is 5.11. The Morgan fingerprint density at radius 1 is 0.885 bits per heavy atom. The average molecular weight is 381 g/mol. The highest BCUT2D eigenvalue weighted by Crippen LogP contribution is 2.28. The van der Waals surface area contributed by atoms with Crippen molar-refractivity contribution in [1.29, 1.82) is 0 Å². The Kier molecular flexibility index (Phi) is 5.89. The molecule has 1 atom stereocenters. The summed E-state index contributed by atoms with van der Waals surface area (Å²) in [6.07, 6.45) is -1.56. The lowest BCUT2D eigenvalue weighted by Crippen LogP contribution is -2.54. The van der Waals surface area contributed by atoms with Crippen molar-refractivity contribution < 1.29 is 13.2 Å². The zero-order chi connectivity index (χ0) is 18.6. The van der Waals surface area contributed by atoms with E-state index in [1.807, 2.05) is 30.3 Å². The number of piperazine rings is 1. The first-order valence-electron chi connectivity index (χ1n) is 8.48. The van der Waals surface area contributed by atoms with Crippen LogP contribution in [-0.4, -0.2) is 43.3 Å². The van der Waals surface area contributed by atoms with Crippen LogP contribution >= 0.6 is 11.6 Å². The minimum absolute atomic E-state index is 0.365. The molecule has 0 radical (unpaired) electrons. The van der Waals surface area contributed by atoms with E-state index in [-0.39, 0.29) is 0 Å². The molecule has 0 unspecified atom stereocenters. The number of anilines is 1. The van der Waals surface area contributed by atoms with E-state index in [0.717, 1.165) is 5.69 Å². The number of rotatable bonds is 4. The Labute approximate surface area is 156 Å². The summed E-state index contributed by atoms with van der Waals surface area (Å²) in [5.41, 5.74) is 1.75. The van der Waals surface area contributed by atoms with Crippen molar-refractivity contribution in [2.45, 2.75) is 12.2 Å². The number of nitrogens with zero attached hydrogens (tertiary/aromatic N) is 2. The second kappa shape index (κ2) is 8.14. The Morgan fingerprint density at radius 3 is 2.08 bits per heavy atom. The van der Waals surface area contributed by atoms with Crippen molar-refractivity contribution in [3.05, 3.63) is 71.3 Å². The number of halogens is 4. The third kappa shape index (κ3) is 4.80. The van der Waals surface area contributed by atoms with Crippen LogP contribution in [0.4, 0.5) is 18.9 Å². The third-order valence-electron chi connectivity index (χ3n) is 4.51. The normalized spacial score (nSPS) is 17.6. The van der Waals surface area contributed by atoms with Gasteiger partial charge in [-0.25, -0.2) is 0 Å². The Bertz CT molecular complexity index is 721. The first kappa shape index (κ1) is 18.8. The zero-order valence-corrected chi connectivity index (χ0v) is 14.9. The third-order valence-corrected chi connectivity index (χ3v) is 4.76. The van der Waals surface area contributed by atoms with E-state index < -0.39 is 12.2 Å². The lowest BCUT2D eigenvalue weighted by atomic mass is 10.1. The molecule has 3 rings (SSSR count). The lowest BCUT2D eigenvalue weighted by molar-refractivity contribution is -0.170. The highest BCUT2D eigenvalue weighted by molar-refractivity contribution is 6.30. The SMILES string of the molecule is FC(F)(F)[C@H](/C=C/c1ccc(Cl)cc1)N1CCN(c2ccccc2)CC1. The molecule has 2 aromatic rings. The number of hydrogen-bond acceptors (Lipinski definition) is 2. The second-order valence-electron chi connectivity index (χ2n) is 6.26. The van der Waals surface area contributed by atoms with Crippen molar-refractivity contribution in [2.75, 3.05) is 31.1 Å². The van der Waals surface area contributed by atoms with Crippen molar-refractivity contribution in [2.24, 2.45) is 0 Å². The van der Waals surface area contributed by atoms with Gasteiger partial charge < -0.3 is 4.90 Å². The fourth-order valence-electron chi connectivity index (χ4n) is 3.11. The summed E-state index contributed by atoms with van der Waals surface area (Å²) in [7, 11) is 0. The molecule has 1 heterocycles. The van der Waals surface area contributed by atoms with E-state index in [4.69, 9.17) is 11.6 Å². The van der Waals surface area contributed by atoms with Crippen molar-refractivity contribution in [3.63, 3.8) is 0 Å². The fourth-order valence-corrected chi connectivity index (χ4v) is 3.24. The molecule has 0 saturated carbocycles. The summed E-state index contributed by atoms with van der Waals surface area (Å²) in [5, 5.41) is 0.562. The van der Waals surface area contributed by atoms with Gasteiger partial charge in [0.15, 0.2) is 0 Å². The van der Waals surface area contributed by atoms with Crippen molar-refractivity contribution in [1.82, 2.24) is 4.90 Å². The van der Waals surface area contributed by atoms with Crippen LogP contribution in [0.15, 0.2) is 60.7 Å². The summed E-state index contributed by atoms with van der Waals surface area (Å²) in [5.74, 6) is 0. The quantitative estimate of drug-likeness (QED) is 0.727. The number of alkyl halides is 3. The summed E-state index contributed by atoms with van der Waals surface area (Å²) in [6.45, 7) is 1.88. The molecule has 0 aliphatic carbocycles. The first-order valence-corrected chi connectivity index (χ1v) is 8.86. The first-order chi connectivity index (χ1) is 12.4. The molecule has 138 valence electrons. The van der Waals surface area contributed by atoms with Gasteiger partial charge in [-0.15, -0.1) is 0 Å². The second-order valence-corrected chi connectivity index (χ2v) is 6.69. The molecule has 0 aromatic heterocycles. The van der Waals surface area contributed by atoms with Gasteiger partial charge in [0.1, 0.15) is 6.04 Å². The summed E-state index contributed by atoms with van der Waals surface area (Å²) in [6, 6.07) is 14.9. The van der Waals surface area contributed by atoms with E-state index in [1.165, 1.54) is 17.1 Å². The van der Waals surface area contributed by atoms with Crippen LogP contribution in [0.25, 0.3) is 6.08 Å². The standard InChI is InChI=1S/C20H20ClF3N2/c21-17-9-6-16(7-10-17)8-11-19(20(22,23)24)26-14-12-25(13-15-26)18-4-2-1-3-5-18/h1-11,19H,12-15H2/b11-8+/t19-/m0/s1. The Hall–Kier alpha value is -1.98. The van der Waals surface area contributed by atoms with E-state index in [0.29, 0.717) is 36.8 Å². The van der Waals surface area contributed by atoms with Gasteiger partial charge in [-0.3, -0.25) is 4.90 Å². The Morgan fingerprint density at radius 2 is 1.50 bits per heavy atom. The topological polar surface area (TPSA) is 6.48 Å². The molecule has 0 amide bonds. The van der Waals surface area contributed by atoms with Crippen LogP contribution in [0.2, 0.25) is 5.02 Å². The van der Waals surface area contributed by atoms with E-state index >= 15 is 0 Å². The smallest absolute Gasteiger partial charge is 0.369 e. The van der Waals surface area contributed by atoms with Gasteiger partial charge in [-0.1, -0.05) is 54.1 Å². The van der Waals surface area contributed by atoms with Crippen LogP contribution < -0.4 is 4.90 Å². The fraction of sp³-hybridized carbons (Fsp3) is 0.300. The highest BCUT2D eigenvalue weighted by Gasteiger charge is 2.42. The molecule has 6 heteroatoms. The van der Waals surface area contributed by atoms with Gasteiger partial charge in [0.25, 0.3) is 0 Å². The van der Waals surface area contributed by atoms with Crippen molar-refractivity contribution >= 4 is 23.4 Å². The van der Waals surface area contributed by atoms with E-state index in [9.17, 15) is 13.2 Å². The molecule has 0 N–H and O–H groups in total. The maximum Gasteiger partial charge on any atom is 0.407 e. The molecule has 1 saturated heterocycles. The minimum Gasteiger partial charge on any atom is -0.369 e. The summed E-state index contributed by atoms with van der Waals surface area (Å²) < 4.78 is 40.7. The van der Waals surface area contributed by atoms with E-state index in [2.05, 4.69) is 4.90 Å². The monoisotopic (exact) mass is 380 g/mol. The molecular formula is C20H20ClF3N2. The highest BCUT2D eigenvalue weighted by atomic mass is 35.5. The molecule has 1 aliphatic heterocycles. The van der Waals surface area contributed by atoms with Gasteiger partial charge >= 0.3 is 6.18 Å². The average Bonchev–Trinajstić information content (AvgIpc) is 2.64. The maximum atomic E-state index is 13.6. The van der Waals surface area contributed by atoms with E-state index in [1.54, 1.807) is 24.3 Å². The molecule has 1 aliphatic rings. The van der Waals surface area contributed by atoms with Crippen LogP contribution in [0.3, 0.4) is 0 Å². The maximum absolute atomic E-state index is 13.6. The molecule has 1 fully saturated rings. The molecule has 2 aromatic carbocycles. The largest absolute Gasteiger partial charge is 0.407 e. The van der Waals surface area contributed by atoms with Crippen LogP contribution in [0, 0.1) is 0 Å². The Balaban J connectivity index is 1.68. The van der Waals surface area contributed by atoms with Gasteiger partial charge in [0.05, 0.1) is 0 Å². The van der Waals surface area contributed by atoms with Gasteiger partial charge in [-0.05, 0) is 29.8 Å². The zero-order valence-electron chi connectivity index (χ0n) is 14.2. The summed E-state index contributed by atoms with van der Waals surface area (Å²) >= 11 is 5.82. The van der Waals surface area contributed by atoms with Crippen molar-refractivity contribution in [3.8, 4) is 0 Å². The number of benzene rings is 2. The minimum atomic E-state index is -4.31.